The summed E-state index contributed by atoms with van der Waals surface area (Å²) in [6, 6.07) is 3.04. The number of carbonyl (C=O) groups is 2. The molecule has 0 aliphatic carbocycles. The monoisotopic (exact) mass is 280 g/mol. The van der Waals surface area contributed by atoms with E-state index < -0.39 is 18.1 Å². The first-order valence-electron chi connectivity index (χ1n) is 6.09. The molecule has 1 aliphatic rings. The molecular formula is C12H16N4O4. The van der Waals surface area contributed by atoms with Crippen LogP contribution < -0.4 is 10.8 Å². The number of aliphatic imine (C=N–C) groups is 1. The average Bonchev–Trinajstić information content (AvgIpc) is 3.01. The molecule has 0 saturated carbocycles. The normalized spacial score (nSPS) is 21.1. The number of nitrogens with zero attached hydrogens (tertiary/aromatic N) is 2. The lowest BCUT2D eigenvalue weighted by Gasteiger charge is -2.12. The third-order valence-electron chi connectivity index (χ3n) is 2.99. The van der Waals surface area contributed by atoms with Crippen molar-refractivity contribution in [2.45, 2.75) is 19.1 Å². The van der Waals surface area contributed by atoms with Crippen LogP contribution in [0.4, 0.5) is 0 Å². The van der Waals surface area contributed by atoms with Gasteiger partial charge < -0.3 is 14.6 Å². The maximum absolute atomic E-state index is 11.9. The molecule has 3 N–H and O–H groups in total. The standard InChI is InChI=1S/C12H16N4O4/c1-7-10(12(18)15-19)20-9(14-7)6-13-11(17)8-4-3-5-16(8)2/h3-5,7,10,19H,6H2,1-2H3,(H,13,17)(H,15,18). The summed E-state index contributed by atoms with van der Waals surface area (Å²) >= 11 is 0. The van der Waals surface area contributed by atoms with Gasteiger partial charge in [0.1, 0.15) is 5.69 Å². The Morgan fingerprint density at radius 2 is 2.30 bits per heavy atom. The van der Waals surface area contributed by atoms with Crippen LogP contribution in [0.15, 0.2) is 23.3 Å². The number of hydrogen-bond acceptors (Lipinski definition) is 5. The zero-order valence-electron chi connectivity index (χ0n) is 11.2. The summed E-state index contributed by atoms with van der Waals surface area (Å²) in [6.45, 7) is 1.77. The molecule has 2 unspecified atom stereocenters. The van der Waals surface area contributed by atoms with Gasteiger partial charge in [-0.25, -0.2) is 10.5 Å². The summed E-state index contributed by atoms with van der Waals surface area (Å²) in [6.07, 6.45) is 0.893. The van der Waals surface area contributed by atoms with Gasteiger partial charge in [-0.3, -0.25) is 14.8 Å². The van der Waals surface area contributed by atoms with Gasteiger partial charge in [0.2, 0.25) is 12.0 Å². The average molecular weight is 280 g/mol. The fraction of sp³-hybridized carbons (Fsp3) is 0.417. The summed E-state index contributed by atoms with van der Waals surface area (Å²) < 4.78 is 6.97. The lowest BCUT2D eigenvalue weighted by Crippen LogP contribution is -2.39. The summed E-state index contributed by atoms with van der Waals surface area (Å²) in [5, 5.41) is 11.2. The van der Waals surface area contributed by atoms with Crippen LogP contribution in [0.2, 0.25) is 0 Å². The van der Waals surface area contributed by atoms with Gasteiger partial charge in [-0.1, -0.05) is 0 Å². The van der Waals surface area contributed by atoms with E-state index in [-0.39, 0.29) is 18.3 Å². The van der Waals surface area contributed by atoms with E-state index in [2.05, 4.69) is 10.3 Å². The minimum atomic E-state index is -0.873. The van der Waals surface area contributed by atoms with Gasteiger partial charge in [-0.2, -0.15) is 0 Å². The van der Waals surface area contributed by atoms with Crippen molar-refractivity contribution in [3.05, 3.63) is 24.0 Å². The number of hydroxylamine groups is 1. The Hall–Kier alpha value is -2.35. The summed E-state index contributed by atoms with van der Waals surface area (Å²) in [5.41, 5.74) is 2.04. The first-order valence-corrected chi connectivity index (χ1v) is 6.09. The van der Waals surface area contributed by atoms with E-state index in [1.807, 2.05) is 0 Å². The SMILES string of the molecule is CC1N=C(CNC(=O)c2cccn2C)OC1C(=O)NO. The minimum Gasteiger partial charge on any atom is -0.464 e. The highest BCUT2D eigenvalue weighted by Crippen LogP contribution is 2.13. The van der Waals surface area contributed by atoms with Crippen molar-refractivity contribution >= 4 is 17.7 Å². The number of hydrogen-bond donors (Lipinski definition) is 3. The van der Waals surface area contributed by atoms with Crippen LogP contribution in [-0.2, 0) is 16.6 Å². The van der Waals surface area contributed by atoms with Crippen molar-refractivity contribution < 1.29 is 19.5 Å². The summed E-state index contributed by atoms with van der Waals surface area (Å²) in [5.74, 6) is -0.662. The first kappa shape index (κ1) is 14.1. The second-order valence-electron chi connectivity index (χ2n) is 4.46. The van der Waals surface area contributed by atoms with E-state index in [4.69, 9.17) is 9.94 Å². The molecule has 2 atom stereocenters. The van der Waals surface area contributed by atoms with Gasteiger partial charge in [-0.05, 0) is 19.1 Å². The van der Waals surface area contributed by atoms with Crippen LogP contribution in [0.1, 0.15) is 17.4 Å². The number of amides is 2. The van der Waals surface area contributed by atoms with Crippen molar-refractivity contribution in [3.8, 4) is 0 Å². The van der Waals surface area contributed by atoms with E-state index in [0.29, 0.717) is 5.69 Å². The lowest BCUT2D eigenvalue weighted by molar-refractivity contribution is -0.136. The first-order chi connectivity index (χ1) is 9.52. The highest BCUT2D eigenvalue weighted by molar-refractivity contribution is 5.96. The van der Waals surface area contributed by atoms with Gasteiger partial charge in [-0.15, -0.1) is 0 Å². The number of ether oxygens (including phenoxy) is 1. The Bertz CT molecular complexity index is 551. The Labute approximate surface area is 115 Å². The number of rotatable bonds is 4. The second-order valence-corrected chi connectivity index (χ2v) is 4.46. The quantitative estimate of drug-likeness (QED) is 0.508. The van der Waals surface area contributed by atoms with E-state index in [1.165, 1.54) is 5.48 Å². The van der Waals surface area contributed by atoms with Gasteiger partial charge in [0, 0.05) is 13.2 Å². The lowest BCUT2D eigenvalue weighted by atomic mass is 10.2. The predicted molar refractivity (Wildman–Crippen MR) is 69.4 cm³/mol. The molecule has 8 heteroatoms. The molecule has 0 bridgehead atoms. The third-order valence-corrected chi connectivity index (χ3v) is 2.99. The molecular weight excluding hydrogens is 264 g/mol. The molecule has 0 fully saturated rings. The zero-order valence-corrected chi connectivity index (χ0v) is 11.2. The smallest absolute Gasteiger partial charge is 0.286 e. The topological polar surface area (TPSA) is 105 Å². The minimum absolute atomic E-state index is 0.0869. The van der Waals surface area contributed by atoms with E-state index >= 15 is 0 Å². The maximum Gasteiger partial charge on any atom is 0.286 e. The molecule has 1 aromatic heterocycles. The summed E-state index contributed by atoms with van der Waals surface area (Å²) in [7, 11) is 1.77. The Balaban J connectivity index is 1.90. The van der Waals surface area contributed by atoms with Crippen LogP contribution >= 0.6 is 0 Å². The van der Waals surface area contributed by atoms with E-state index in [1.54, 1.807) is 36.9 Å². The van der Waals surface area contributed by atoms with Crippen molar-refractivity contribution in [2.75, 3.05) is 6.54 Å². The largest absolute Gasteiger partial charge is 0.464 e. The van der Waals surface area contributed by atoms with Crippen molar-refractivity contribution in [2.24, 2.45) is 12.0 Å². The molecule has 1 aromatic rings. The molecule has 0 radical (unpaired) electrons. The molecule has 20 heavy (non-hydrogen) atoms. The fourth-order valence-corrected chi connectivity index (χ4v) is 1.94. The summed E-state index contributed by atoms with van der Waals surface area (Å²) in [4.78, 5) is 27.3. The van der Waals surface area contributed by atoms with Gasteiger partial charge >= 0.3 is 0 Å². The number of nitrogens with one attached hydrogen (secondary N) is 2. The van der Waals surface area contributed by atoms with Crippen LogP contribution in [-0.4, -0.2) is 46.2 Å². The molecule has 2 heterocycles. The third kappa shape index (κ3) is 2.80. The highest BCUT2D eigenvalue weighted by Gasteiger charge is 2.33. The van der Waals surface area contributed by atoms with Crippen molar-refractivity contribution in [3.63, 3.8) is 0 Å². The van der Waals surface area contributed by atoms with E-state index in [9.17, 15) is 9.59 Å². The molecule has 2 amide bonds. The highest BCUT2D eigenvalue weighted by atomic mass is 16.5. The predicted octanol–water partition coefficient (Wildman–Crippen LogP) is -0.554. The molecule has 2 rings (SSSR count). The van der Waals surface area contributed by atoms with Crippen molar-refractivity contribution in [1.29, 1.82) is 0 Å². The molecule has 1 aliphatic heterocycles. The number of aromatic nitrogens is 1. The molecule has 0 aromatic carbocycles. The van der Waals surface area contributed by atoms with Crippen molar-refractivity contribution in [1.82, 2.24) is 15.4 Å². The van der Waals surface area contributed by atoms with Gasteiger partial charge in [0.25, 0.3) is 11.8 Å². The van der Waals surface area contributed by atoms with E-state index in [0.717, 1.165) is 0 Å². The van der Waals surface area contributed by atoms with Crippen LogP contribution in [0.5, 0.6) is 0 Å². The molecule has 0 spiro atoms. The zero-order chi connectivity index (χ0) is 14.7. The fourth-order valence-electron chi connectivity index (χ4n) is 1.94. The molecule has 108 valence electrons. The Kier molecular flexibility index (Phi) is 4.04. The Morgan fingerprint density at radius 1 is 1.55 bits per heavy atom. The Morgan fingerprint density at radius 3 is 2.90 bits per heavy atom. The molecule has 0 saturated heterocycles. The van der Waals surface area contributed by atoms with Crippen LogP contribution in [0, 0.1) is 0 Å². The van der Waals surface area contributed by atoms with Crippen LogP contribution in [0.25, 0.3) is 0 Å². The second kappa shape index (κ2) is 5.74. The molecule has 8 nitrogen and oxygen atoms in total. The van der Waals surface area contributed by atoms with Crippen LogP contribution in [0.3, 0.4) is 0 Å². The number of carbonyl (C=O) groups excluding carboxylic acids is 2. The number of aryl methyl sites for hydroxylation is 1. The van der Waals surface area contributed by atoms with Gasteiger partial charge in [0.15, 0.2) is 0 Å². The maximum atomic E-state index is 11.9. The van der Waals surface area contributed by atoms with Gasteiger partial charge in [0.05, 0.1) is 12.6 Å².